The number of nitrogens with zero attached hydrogens (tertiary/aromatic N) is 2. The average molecular weight is 303 g/mol. The lowest BCUT2D eigenvalue weighted by atomic mass is 10.1. The smallest absolute Gasteiger partial charge is 0.234 e. The summed E-state index contributed by atoms with van der Waals surface area (Å²) in [5.41, 5.74) is 2.39. The van der Waals surface area contributed by atoms with Crippen LogP contribution in [0, 0.1) is 6.92 Å². The second-order valence-corrected chi connectivity index (χ2v) is 6.33. The van der Waals surface area contributed by atoms with Crippen molar-refractivity contribution in [3.05, 3.63) is 35.4 Å². The number of benzene rings is 1. The summed E-state index contributed by atoms with van der Waals surface area (Å²) in [5, 5.41) is 3.05. The van der Waals surface area contributed by atoms with Crippen molar-refractivity contribution >= 4 is 5.91 Å². The maximum absolute atomic E-state index is 12.2. The fourth-order valence-electron chi connectivity index (χ4n) is 3.08. The fourth-order valence-corrected chi connectivity index (χ4v) is 3.08. The summed E-state index contributed by atoms with van der Waals surface area (Å²) in [4.78, 5) is 17.0. The third-order valence-corrected chi connectivity index (χ3v) is 4.43. The van der Waals surface area contributed by atoms with E-state index in [9.17, 15) is 4.79 Å². The van der Waals surface area contributed by atoms with Crippen LogP contribution in [0.2, 0.25) is 0 Å². The zero-order valence-corrected chi connectivity index (χ0v) is 14.1. The molecule has 0 saturated carbocycles. The lowest BCUT2D eigenvalue weighted by Gasteiger charge is -2.28. The molecule has 1 atom stereocenters. The Kier molecular flexibility index (Phi) is 6.40. The van der Waals surface area contributed by atoms with Crippen LogP contribution in [0.15, 0.2) is 24.3 Å². The third-order valence-electron chi connectivity index (χ3n) is 4.43. The van der Waals surface area contributed by atoms with Crippen LogP contribution in [0.1, 0.15) is 31.4 Å². The summed E-state index contributed by atoms with van der Waals surface area (Å²) in [7, 11) is 0. The van der Waals surface area contributed by atoms with Crippen molar-refractivity contribution in [2.45, 2.75) is 39.8 Å². The predicted molar refractivity (Wildman–Crippen MR) is 90.8 cm³/mol. The molecule has 1 N–H and O–H groups in total. The number of likely N-dealkylation sites (N-methyl/N-ethyl adjacent to an activating group) is 1. The molecule has 0 unspecified atom stereocenters. The minimum Gasteiger partial charge on any atom is -0.351 e. The Morgan fingerprint density at radius 2 is 2.18 bits per heavy atom. The zero-order chi connectivity index (χ0) is 15.9. The van der Waals surface area contributed by atoms with Crippen LogP contribution in [-0.4, -0.2) is 54.5 Å². The van der Waals surface area contributed by atoms with E-state index in [2.05, 4.69) is 54.1 Å². The molecule has 1 fully saturated rings. The Hall–Kier alpha value is -1.39. The standard InChI is InChI=1S/C18H29N3O/c1-4-20-9-6-10-21(16(3)13-20)14-18(22)19-12-17-8-5-7-15(2)11-17/h5,7-8,11,16H,4,6,9-10,12-14H2,1-3H3,(H,19,22)/t16-/m1/s1. The van der Waals surface area contributed by atoms with Crippen LogP contribution in [-0.2, 0) is 11.3 Å². The van der Waals surface area contributed by atoms with Gasteiger partial charge in [-0.25, -0.2) is 0 Å². The summed E-state index contributed by atoms with van der Waals surface area (Å²) in [5.74, 6) is 0.123. The van der Waals surface area contributed by atoms with Crippen molar-refractivity contribution in [2.24, 2.45) is 0 Å². The SMILES string of the molecule is CCN1CCCN(CC(=O)NCc2cccc(C)c2)[C@H](C)C1. The van der Waals surface area contributed by atoms with Gasteiger partial charge in [-0.05, 0) is 38.9 Å². The highest BCUT2D eigenvalue weighted by Crippen LogP contribution is 2.09. The molecule has 1 amide bonds. The number of aryl methyl sites for hydroxylation is 1. The Morgan fingerprint density at radius 1 is 1.36 bits per heavy atom. The Morgan fingerprint density at radius 3 is 2.91 bits per heavy atom. The average Bonchev–Trinajstić information content (AvgIpc) is 2.67. The maximum Gasteiger partial charge on any atom is 0.234 e. The quantitative estimate of drug-likeness (QED) is 0.904. The molecular weight excluding hydrogens is 274 g/mol. The molecule has 0 bridgehead atoms. The number of amides is 1. The summed E-state index contributed by atoms with van der Waals surface area (Å²) in [6, 6.07) is 8.72. The number of hydrogen-bond acceptors (Lipinski definition) is 3. The number of hydrogen-bond donors (Lipinski definition) is 1. The molecule has 0 radical (unpaired) electrons. The first-order chi connectivity index (χ1) is 10.6. The molecule has 122 valence electrons. The fraction of sp³-hybridized carbons (Fsp3) is 0.611. The Labute approximate surface area is 134 Å². The predicted octanol–water partition coefficient (Wildman–Crippen LogP) is 2.03. The summed E-state index contributed by atoms with van der Waals surface area (Å²) in [6.07, 6.45) is 1.14. The van der Waals surface area contributed by atoms with Crippen LogP contribution >= 0.6 is 0 Å². The van der Waals surface area contributed by atoms with Gasteiger partial charge in [0.15, 0.2) is 0 Å². The topological polar surface area (TPSA) is 35.6 Å². The molecule has 1 aliphatic rings. The second kappa shape index (κ2) is 8.30. The monoisotopic (exact) mass is 303 g/mol. The van der Waals surface area contributed by atoms with Gasteiger partial charge < -0.3 is 10.2 Å². The van der Waals surface area contributed by atoms with Crippen LogP contribution in [0.4, 0.5) is 0 Å². The van der Waals surface area contributed by atoms with Crippen molar-refractivity contribution in [1.82, 2.24) is 15.1 Å². The molecule has 4 heteroatoms. The molecule has 0 spiro atoms. The first-order valence-corrected chi connectivity index (χ1v) is 8.37. The van der Waals surface area contributed by atoms with E-state index >= 15 is 0 Å². The number of rotatable bonds is 5. The summed E-state index contributed by atoms with van der Waals surface area (Å²) < 4.78 is 0. The molecule has 1 saturated heterocycles. The molecule has 1 heterocycles. The number of carbonyl (C=O) groups is 1. The minimum atomic E-state index is 0.123. The van der Waals surface area contributed by atoms with Gasteiger partial charge >= 0.3 is 0 Å². The van der Waals surface area contributed by atoms with Crippen molar-refractivity contribution in [3.8, 4) is 0 Å². The van der Waals surface area contributed by atoms with E-state index in [-0.39, 0.29) is 5.91 Å². The first kappa shape index (κ1) is 17.0. The molecular formula is C18H29N3O. The van der Waals surface area contributed by atoms with Crippen LogP contribution in [0.25, 0.3) is 0 Å². The Balaban J connectivity index is 1.81. The van der Waals surface area contributed by atoms with E-state index in [1.807, 2.05) is 6.07 Å². The van der Waals surface area contributed by atoms with E-state index in [4.69, 9.17) is 0 Å². The van der Waals surface area contributed by atoms with Gasteiger partial charge in [-0.15, -0.1) is 0 Å². The molecule has 4 nitrogen and oxygen atoms in total. The largest absolute Gasteiger partial charge is 0.351 e. The minimum absolute atomic E-state index is 0.123. The number of carbonyl (C=O) groups excluding carboxylic acids is 1. The zero-order valence-electron chi connectivity index (χ0n) is 14.1. The molecule has 1 aromatic carbocycles. The summed E-state index contributed by atoms with van der Waals surface area (Å²) in [6.45, 7) is 11.9. The van der Waals surface area contributed by atoms with Crippen molar-refractivity contribution in [3.63, 3.8) is 0 Å². The van der Waals surface area contributed by atoms with Gasteiger partial charge in [0.05, 0.1) is 6.54 Å². The van der Waals surface area contributed by atoms with Gasteiger partial charge in [0, 0.05) is 25.7 Å². The second-order valence-electron chi connectivity index (χ2n) is 6.33. The molecule has 22 heavy (non-hydrogen) atoms. The van der Waals surface area contributed by atoms with Crippen LogP contribution in [0.5, 0.6) is 0 Å². The summed E-state index contributed by atoms with van der Waals surface area (Å²) >= 11 is 0. The third kappa shape index (κ3) is 5.11. The molecule has 2 rings (SSSR count). The normalized spacial score (nSPS) is 20.6. The van der Waals surface area contributed by atoms with Crippen LogP contribution in [0.3, 0.4) is 0 Å². The van der Waals surface area contributed by atoms with Gasteiger partial charge in [0.1, 0.15) is 0 Å². The van der Waals surface area contributed by atoms with Gasteiger partial charge in [0.2, 0.25) is 5.91 Å². The highest BCUT2D eigenvalue weighted by Gasteiger charge is 2.22. The highest BCUT2D eigenvalue weighted by atomic mass is 16.2. The van der Waals surface area contributed by atoms with Gasteiger partial charge in [-0.1, -0.05) is 36.8 Å². The van der Waals surface area contributed by atoms with Crippen molar-refractivity contribution in [1.29, 1.82) is 0 Å². The molecule has 1 aliphatic heterocycles. The highest BCUT2D eigenvalue weighted by molar-refractivity contribution is 5.78. The van der Waals surface area contributed by atoms with Gasteiger partial charge in [0.25, 0.3) is 0 Å². The lowest BCUT2D eigenvalue weighted by molar-refractivity contribution is -0.122. The lowest BCUT2D eigenvalue weighted by Crippen LogP contribution is -2.44. The van der Waals surface area contributed by atoms with Gasteiger partial charge in [-0.2, -0.15) is 0 Å². The number of nitrogens with one attached hydrogen (secondary N) is 1. The first-order valence-electron chi connectivity index (χ1n) is 8.37. The molecule has 0 aromatic heterocycles. The Bertz CT molecular complexity index is 489. The van der Waals surface area contributed by atoms with E-state index < -0.39 is 0 Å². The molecule has 0 aliphatic carbocycles. The molecule has 1 aromatic rings. The van der Waals surface area contributed by atoms with Crippen LogP contribution < -0.4 is 5.32 Å². The maximum atomic E-state index is 12.2. The van der Waals surface area contributed by atoms with E-state index in [0.29, 0.717) is 19.1 Å². The van der Waals surface area contributed by atoms with E-state index in [0.717, 1.165) is 38.2 Å². The van der Waals surface area contributed by atoms with Gasteiger partial charge in [-0.3, -0.25) is 9.69 Å². The van der Waals surface area contributed by atoms with E-state index in [1.165, 1.54) is 5.56 Å². The van der Waals surface area contributed by atoms with Crippen molar-refractivity contribution < 1.29 is 4.79 Å². The van der Waals surface area contributed by atoms with Crippen molar-refractivity contribution in [2.75, 3.05) is 32.7 Å². The van der Waals surface area contributed by atoms with E-state index in [1.54, 1.807) is 0 Å².